The van der Waals surface area contributed by atoms with Gasteiger partial charge >= 0.3 is 0 Å². The molecule has 0 unspecified atom stereocenters. The van der Waals surface area contributed by atoms with E-state index in [0.29, 0.717) is 22.5 Å². The standard InChI is InChI=1S/C14H12N4O/c1-16-13-6-7-17-9-11(13)14(19)18-12-5-3-2-4-10(12)8-15/h2-7,9H,1H3,(H,16,17)(H,18,19). The van der Waals surface area contributed by atoms with Gasteiger partial charge in [-0.3, -0.25) is 9.78 Å². The molecule has 0 bridgehead atoms. The highest BCUT2D eigenvalue weighted by Gasteiger charge is 2.12. The molecule has 0 atom stereocenters. The Morgan fingerprint density at radius 3 is 2.79 bits per heavy atom. The van der Waals surface area contributed by atoms with E-state index in [0.717, 1.165) is 0 Å². The second-order valence-corrected chi connectivity index (χ2v) is 3.78. The van der Waals surface area contributed by atoms with Crippen LogP contribution in [0.5, 0.6) is 0 Å². The van der Waals surface area contributed by atoms with Gasteiger partial charge in [0.2, 0.25) is 0 Å². The van der Waals surface area contributed by atoms with Gasteiger partial charge in [0.05, 0.1) is 16.8 Å². The lowest BCUT2D eigenvalue weighted by molar-refractivity contribution is 0.102. The number of rotatable bonds is 3. The van der Waals surface area contributed by atoms with Crippen LogP contribution in [0.25, 0.3) is 0 Å². The average molecular weight is 252 g/mol. The number of hydrogen-bond donors (Lipinski definition) is 2. The fourth-order valence-corrected chi connectivity index (χ4v) is 1.67. The first kappa shape index (κ1) is 12.6. The monoisotopic (exact) mass is 252 g/mol. The number of benzene rings is 1. The largest absolute Gasteiger partial charge is 0.387 e. The molecule has 0 fully saturated rings. The summed E-state index contributed by atoms with van der Waals surface area (Å²) in [5.41, 5.74) is 2.02. The van der Waals surface area contributed by atoms with E-state index in [1.54, 1.807) is 43.6 Å². The van der Waals surface area contributed by atoms with Crippen molar-refractivity contribution in [2.75, 3.05) is 17.7 Å². The highest BCUT2D eigenvalue weighted by atomic mass is 16.1. The SMILES string of the molecule is CNc1ccncc1C(=O)Nc1ccccc1C#N. The zero-order chi connectivity index (χ0) is 13.7. The predicted octanol–water partition coefficient (Wildman–Crippen LogP) is 2.25. The van der Waals surface area contributed by atoms with Crippen molar-refractivity contribution in [2.45, 2.75) is 0 Å². The highest BCUT2D eigenvalue weighted by molar-refractivity contribution is 6.08. The Bertz CT molecular complexity index is 646. The summed E-state index contributed by atoms with van der Waals surface area (Å²) in [6.07, 6.45) is 3.09. The summed E-state index contributed by atoms with van der Waals surface area (Å²) in [5.74, 6) is -0.305. The van der Waals surface area contributed by atoms with Crippen molar-refractivity contribution < 1.29 is 4.79 Å². The van der Waals surface area contributed by atoms with E-state index >= 15 is 0 Å². The maximum atomic E-state index is 12.2. The van der Waals surface area contributed by atoms with Crippen LogP contribution in [0.2, 0.25) is 0 Å². The van der Waals surface area contributed by atoms with Gasteiger partial charge < -0.3 is 10.6 Å². The van der Waals surface area contributed by atoms with Crippen LogP contribution in [0.1, 0.15) is 15.9 Å². The van der Waals surface area contributed by atoms with E-state index in [-0.39, 0.29) is 5.91 Å². The Balaban J connectivity index is 2.29. The molecule has 5 nitrogen and oxygen atoms in total. The Kier molecular flexibility index (Phi) is 3.74. The van der Waals surface area contributed by atoms with Gasteiger partial charge in [0, 0.05) is 25.1 Å². The van der Waals surface area contributed by atoms with Crippen molar-refractivity contribution in [1.82, 2.24) is 4.98 Å². The molecule has 1 heterocycles. The van der Waals surface area contributed by atoms with Crippen LogP contribution >= 0.6 is 0 Å². The van der Waals surface area contributed by atoms with E-state index in [1.807, 2.05) is 6.07 Å². The summed E-state index contributed by atoms with van der Waals surface area (Å²) in [7, 11) is 1.73. The first-order chi connectivity index (χ1) is 9.26. The molecule has 1 amide bonds. The van der Waals surface area contributed by atoms with Crippen LogP contribution in [0, 0.1) is 11.3 Å². The molecular formula is C14H12N4O. The van der Waals surface area contributed by atoms with Gasteiger partial charge in [0.15, 0.2) is 0 Å². The maximum absolute atomic E-state index is 12.2. The molecule has 2 N–H and O–H groups in total. The molecule has 5 heteroatoms. The van der Waals surface area contributed by atoms with Gasteiger partial charge in [-0.2, -0.15) is 5.26 Å². The van der Waals surface area contributed by atoms with Gasteiger partial charge in [-0.25, -0.2) is 0 Å². The molecule has 0 saturated heterocycles. The van der Waals surface area contributed by atoms with Crippen LogP contribution in [-0.4, -0.2) is 17.9 Å². The number of anilines is 2. The maximum Gasteiger partial charge on any atom is 0.259 e. The Labute approximate surface area is 110 Å². The fourth-order valence-electron chi connectivity index (χ4n) is 1.67. The second kappa shape index (κ2) is 5.65. The third-order valence-electron chi connectivity index (χ3n) is 2.63. The van der Waals surface area contributed by atoms with Crippen molar-refractivity contribution in [3.05, 3.63) is 53.9 Å². The molecule has 2 aromatic rings. The Morgan fingerprint density at radius 1 is 1.26 bits per heavy atom. The van der Waals surface area contributed by atoms with Gasteiger partial charge in [-0.15, -0.1) is 0 Å². The molecule has 0 aliphatic heterocycles. The van der Waals surface area contributed by atoms with Crippen LogP contribution < -0.4 is 10.6 Å². The normalized spacial score (nSPS) is 9.47. The van der Waals surface area contributed by atoms with Crippen LogP contribution in [0.4, 0.5) is 11.4 Å². The minimum atomic E-state index is -0.305. The number of nitrogens with zero attached hydrogens (tertiary/aromatic N) is 2. The molecule has 0 saturated carbocycles. The summed E-state index contributed by atoms with van der Waals surface area (Å²) in [6, 6.07) is 10.6. The number of nitriles is 1. The second-order valence-electron chi connectivity index (χ2n) is 3.78. The summed E-state index contributed by atoms with van der Waals surface area (Å²) in [6.45, 7) is 0. The Morgan fingerprint density at radius 2 is 2.05 bits per heavy atom. The van der Waals surface area contributed by atoms with E-state index in [9.17, 15) is 4.79 Å². The smallest absolute Gasteiger partial charge is 0.259 e. The summed E-state index contributed by atoms with van der Waals surface area (Å²) < 4.78 is 0. The van der Waals surface area contributed by atoms with Gasteiger partial charge in [-0.05, 0) is 18.2 Å². The molecule has 19 heavy (non-hydrogen) atoms. The minimum absolute atomic E-state index is 0.305. The quantitative estimate of drug-likeness (QED) is 0.878. The number of amides is 1. The third-order valence-corrected chi connectivity index (χ3v) is 2.63. The van der Waals surface area contributed by atoms with E-state index in [2.05, 4.69) is 15.6 Å². The number of aromatic nitrogens is 1. The van der Waals surface area contributed by atoms with E-state index in [4.69, 9.17) is 5.26 Å². The van der Waals surface area contributed by atoms with E-state index < -0.39 is 0 Å². The topological polar surface area (TPSA) is 77.8 Å². The molecular weight excluding hydrogens is 240 g/mol. The van der Waals surface area contributed by atoms with Gasteiger partial charge in [-0.1, -0.05) is 12.1 Å². The summed E-state index contributed by atoms with van der Waals surface area (Å²) in [5, 5.41) is 14.6. The number of carbonyl (C=O) groups excluding carboxylic acids is 1. The van der Waals surface area contributed by atoms with Crippen molar-refractivity contribution in [1.29, 1.82) is 5.26 Å². The lowest BCUT2D eigenvalue weighted by Gasteiger charge is -2.09. The summed E-state index contributed by atoms with van der Waals surface area (Å²) in [4.78, 5) is 16.1. The van der Waals surface area contributed by atoms with Crippen molar-refractivity contribution in [3.8, 4) is 6.07 Å². The zero-order valence-electron chi connectivity index (χ0n) is 10.3. The summed E-state index contributed by atoms with van der Waals surface area (Å²) >= 11 is 0. The van der Waals surface area contributed by atoms with Crippen molar-refractivity contribution >= 4 is 17.3 Å². The molecule has 1 aromatic carbocycles. The van der Waals surface area contributed by atoms with E-state index in [1.165, 1.54) is 6.20 Å². The lowest BCUT2D eigenvalue weighted by atomic mass is 10.1. The number of nitrogens with one attached hydrogen (secondary N) is 2. The molecule has 0 radical (unpaired) electrons. The van der Waals surface area contributed by atoms with Crippen LogP contribution in [0.3, 0.4) is 0 Å². The molecule has 0 spiro atoms. The van der Waals surface area contributed by atoms with Crippen molar-refractivity contribution in [3.63, 3.8) is 0 Å². The molecule has 1 aromatic heterocycles. The first-order valence-corrected chi connectivity index (χ1v) is 5.68. The molecule has 2 rings (SSSR count). The van der Waals surface area contributed by atoms with Gasteiger partial charge in [0.1, 0.15) is 6.07 Å². The predicted molar refractivity (Wildman–Crippen MR) is 72.9 cm³/mol. The first-order valence-electron chi connectivity index (χ1n) is 5.68. The molecule has 0 aliphatic rings. The Hall–Kier alpha value is -2.87. The van der Waals surface area contributed by atoms with Gasteiger partial charge in [0.25, 0.3) is 5.91 Å². The molecule has 0 aliphatic carbocycles. The van der Waals surface area contributed by atoms with Crippen LogP contribution in [-0.2, 0) is 0 Å². The number of hydrogen-bond acceptors (Lipinski definition) is 4. The average Bonchev–Trinajstić information content (AvgIpc) is 2.47. The lowest BCUT2D eigenvalue weighted by Crippen LogP contribution is -2.15. The minimum Gasteiger partial charge on any atom is -0.387 e. The third kappa shape index (κ3) is 2.69. The van der Waals surface area contributed by atoms with Crippen molar-refractivity contribution in [2.24, 2.45) is 0 Å². The number of para-hydroxylation sites is 1. The van der Waals surface area contributed by atoms with Crippen LogP contribution in [0.15, 0.2) is 42.7 Å². The molecule has 94 valence electrons. The zero-order valence-corrected chi connectivity index (χ0v) is 10.3. The highest BCUT2D eigenvalue weighted by Crippen LogP contribution is 2.18. The number of carbonyl (C=O) groups is 1. The fraction of sp³-hybridized carbons (Fsp3) is 0.0714. The number of pyridine rings is 1.